The summed E-state index contributed by atoms with van der Waals surface area (Å²) < 4.78 is 7.00. The van der Waals surface area contributed by atoms with Gasteiger partial charge in [0.05, 0.1) is 29.7 Å². The minimum atomic E-state index is -0.256. The van der Waals surface area contributed by atoms with E-state index in [1.165, 1.54) is 11.3 Å². The maximum absolute atomic E-state index is 13.0. The van der Waals surface area contributed by atoms with E-state index in [9.17, 15) is 9.59 Å². The molecule has 2 aromatic carbocycles. The Balaban J connectivity index is 1.62. The van der Waals surface area contributed by atoms with Crippen molar-refractivity contribution in [1.29, 1.82) is 0 Å². The Morgan fingerprint density at radius 3 is 2.57 bits per heavy atom. The first-order valence-electron chi connectivity index (χ1n) is 9.63. The van der Waals surface area contributed by atoms with Crippen LogP contribution >= 0.6 is 11.3 Å². The maximum atomic E-state index is 13.0. The number of nitrogens with zero attached hydrogens (tertiary/aromatic N) is 2. The fraction of sp³-hybridized carbons (Fsp3) is 0.174. The molecular weight excluding hydrogens is 398 g/mol. The Labute approximate surface area is 177 Å². The zero-order chi connectivity index (χ0) is 21.1. The number of hydrogen-bond acceptors (Lipinski definition) is 5. The van der Waals surface area contributed by atoms with Crippen LogP contribution in [-0.2, 0) is 6.54 Å². The number of amides is 1. The molecule has 0 fully saturated rings. The van der Waals surface area contributed by atoms with E-state index in [0.717, 1.165) is 11.3 Å². The summed E-state index contributed by atoms with van der Waals surface area (Å²) in [5.41, 5.74) is 2.19. The maximum Gasteiger partial charge on any atom is 0.266 e. The van der Waals surface area contributed by atoms with E-state index in [4.69, 9.17) is 4.74 Å². The monoisotopic (exact) mass is 419 g/mol. The van der Waals surface area contributed by atoms with Gasteiger partial charge in [-0.05, 0) is 49.2 Å². The number of ether oxygens (including phenoxy) is 1. The Hall–Kier alpha value is -3.45. The first-order valence-corrected chi connectivity index (χ1v) is 10.4. The van der Waals surface area contributed by atoms with Gasteiger partial charge in [0, 0.05) is 5.69 Å². The van der Waals surface area contributed by atoms with E-state index >= 15 is 0 Å². The molecule has 0 saturated heterocycles. The molecule has 7 heteroatoms. The molecule has 0 unspecified atom stereocenters. The molecule has 1 amide bonds. The molecule has 4 rings (SSSR count). The van der Waals surface area contributed by atoms with E-state index in [1.807, 2.05) is 37.3 Å². The van der Waals surface area contributed by atoms with Gasteiger partial charge in [0.25, 0.3) is 11.5 Å². The summed E-state index contributed by atoms with van der Waals surface area (Å²) in [5.74, 6) is 0.491. The van der Waals surface area contributed by atoms with Crippen molar-refractivity contribution in [2.24, 2.45) is 0 Å². The second-order valence-electron chi connectivity index (χ2n) is 6.81. The predicted octanol–water partition coefficient (Wildman–Crippen LogP) is 4.47. The molecule has 0 radical (unpaired) electrons. The molecule has 6 nitrogen and oxygen atoms in total. The second-order valence-corrected chi connectivity index (χ2v) is 7.81. The van der Waals surface area contributed by atoms with Gasteiger partial charge in [-0.2, -0.15) is 0 Å². The third-order valence-corrected chi connectivity index (χ3v) is 5.94. The highest BCUT2D eigenvalue weighted by atomic mass is 32.1. The molecule has 0 aliphatic carbocycles. The van der Waals surface area contributed by atoms with Gasteiger partial charge in [0.1, 0.15) is 10.6 Å². The summed E-state index contributed by atoms with van der Waals surface area (Å²) >= 11 is 1.23. The van der Waals surface area contributed by atoms with Gasteiger partial charge in [-0.1, -0.05) is 30.3 Å². The number of thiophene rings is 1. The van der Waals surface area contributed by atoms with Gasteiger partial charge >= 0.3 is 0 Å². The summed E-state index contributed by atoms with van der Waals surface area (Å²) in [6, 6.07) is 16.9. The SMILES string of the molecule is CCOc1ccc(NC(=O)c2sc3ncn(Cc4ccccc4)c(=O)c3c2C)cc1. The Morgan fingerprint density at radius 1 is 1.13 bits per heavy atom. The van der Waals surface area contributed by atoms with Crippen LogP contribution in [0.2, 0.25) is 0 Å². The summed E-state index contributed by atoms with van der Waals surface area (Å²) in [4.78, 5) is 31.3. The van der Waals surface area contributed by atoms with Crippen LogP contribution in [0.25, 0.3) is 10.2 Å². The van der Waals surface area contributed by atoms with E-state index in [1.54, 1.807) is 42.1 Å². The lowest BCUT2D eigenvalue weighted by Gasteiger charge is -2.07. The normalized spacial score (nSPS) is 10.9. The van der Waals surface area contributed by atoms with E-state index in [-0.39, 0.29) is 11.5 Å². The second kappa shape index (κ2) is 8.51. The van der Waals surface area contributed by atoms with Gasteiger partial charge in [-0.25, -0.2) is 4.98 Å². The molecule has 2 heterocycles. The molecule has 0 aliphatic heterocycles. The molecule has 0 spiro atoms. The number of hydrogen-bond donors (Lipinski definition) is 1. The van der Waals surface area contributed by atoms with Gasteiger partial charge in [0.2, 0.25) is 0 Å². The van der Waals surface area contributed by atoms with Crippen molar-refractivity contribution >= 4 is 33.1 Å². The number of carbonyl (C=O) groups is 1. The molecule has 2 aromatic heterocycles. The molecule has 0 aliphatic rings. The molecule has 0 bridgehead atoms. The molecular formula is C23H21N3O3S. The summed E-state index contributed by atoms with van der Waals surface area (Å²) in [7, 11) is 0. The Bertz CT molecular complexity index is 1240. The standard InChI is InChI=1S/C23H21N3O3S/c1-3-29-18-11-9-17(10-12-18)25-21(27)20-15(2)19-22(30-20)24-14-26(23(19)28)13-16-7-5-4-6-8-16/h4-12,14H,3,13H2,1-2H3,(H,25,27). The van der Waals surface area contributed by atoms with E-state index in [0.29, 0.717) is 39.5 Å². The highest BCUT2D eigenvalue weighted by Gasteiger charge is 2.19. The van der Waals surface area contributed by atoms with Crippen LogP contribution in [0.15, 0.2) is 65.7 Å². The third-order valence-electron chi connectivity index (χ3n) is 4.74. The summed E-state index contributed by atoms with van der Waals surface area (Å²) in [6.07, 6.45) is 1.54. The van der Waals surface area contributed by atoms with Crippen molar-refractivity contribution in [3.8, 4) is 5.75 Å². The number of benzene rings is 2. The largest absolute Gasteiger partial charge is 0.494 e. The van der Waals surface area contributed by atoms with E-state index < -0.39 is 0 Å². The molecule has 0 saturated carbocycles. The van der Waals surface area contributed by atoms with Crippen LogP contribution in [0, 0.1) is 6.92 Å². The minimum absolute atomic E-state index is 0.141. The molecule has 0 atom stereocenters. The van der Waals surface area contributed by atoms with Crippen LogP contribution in [-0.4, -0.2) is 22.1 Å². The molecule has 30 heavy (non-hydrogen) atoms. The van der Waals surface area contributed by atoms with Crippen molar-refractivity contribution in [1.82, 2.24) is 9.55 Å². The fourth-order valence-corrected chi connectivity index (χ4v) is 4.29. The topological polar surface area (TPSA) is 73.2 Å². The number of anilines is 1. The van der Waals surface area contributed by atoms with Crippen molar-refractivity contribution in [2.75, 3.05) is 11.9 Å². The third kappa shape index (κ3) is 3.97. The smallest absolute Gasteiger partial charge is 0.266 e. The number of aryl methyl sites for hydroxylation is 1. The zero-order valence-corrected chi connectivity index (χ0v) is 17.5. The van der Waals surface area contributed by atoms with Crippen LogP contribution < -0.4 is 15.6 Å². The summed E-state index contributed by atoms with van der Waals surface area (Å²) in [5, 5.41) is 3.38. The highest BCUT2D eigenvalue weighted by molar-refractivity contribution is 7.20. The first kappa shape index (κ1) is 19.8. The average molecular weight is 420 g/mol. The van der Waals surface area contributed by atoms with Crippen molar-refractivity contribution < 1.29 is 9.53 Å². The van der Waals surface area contributed by atoms with Crippen molar-refractivity contribution in [2.45, 2.75) is 20.4 Å². The van der Waals surface area contributed by atoms with Gasteiger partial charge < -0.3 is 10.1 Å². The molecule has 4 aromatic rings. The van der Waals surface area contributed by atoms with Crippen LogP contribution in [0.3, 0.4) is 0 Å². The quantitative estimate of drug-likeness (QED) is 0.501. The Morgan fingerprint density at radius 2 is 1.87 bits per heavy atom. The lowest BCUT2D eigenvalue weighted by molar-refractivity contribution is 0.103. The predicted molar refractivity (Wildman–Crippen MR) is 120 cm³/mol. The highest BCUT2D eigenvalue weighted by Crippen LogP contribution is 2.28. The number of carbonyl (C=O) groups excluding carboxylic acids is 1. The number of fused-ring (bicyclic) bond motifs is 1. The molecule has 1 N–H and O–H groups in total. The number of aromatic nitrogens is 2. The number of nitrogens with one attached hydrogen (secondary N) is 1. The Kier molecular flexibility index (Phi) is 5.63. The zero-order valence-electron chi connectivity index (χ0n) is 16.7. The van der Waals surface area contributed by atoms with Crippen molar-refractivity contribution in [3.63, 3.8) is 0 Å². The van der Waals surface area contributed by atoms with Crippen LogP contribution in [0.5, 0.6) is 5.75 Å². The van der Waals surface area contributed by atoms with Crippen LogP contribution in [0.1, 0.15) is 27.7 Å². The van der Waals surface area contributed by atoms with Gasteiger partial charge in [-0.15, -0.1) is 11.3 Å². The fourth-order valence-electron chi connectivity index (χ4n) is 3.26. The summed E-state index contributed by atoms with van der Waals surface area (Å²) in [6.45, 7) is 4.73. The lowest BCUT2D eigenvalue weighted by atomic mass is 10.2. The molecule has 152 valence electrons. The van der Waals surface area contributed by atoms with Gasteiger partial charge in [0.15, 0.2) is 0 Å². The average Bonchev–Trinajstić information content (AvgIpc) is 3.10. The number of rotatable bonds is 6. The van der Waals surface area contributed by atoms with E-state index in [2.05, 4.69) is 10.3 Å². The van der Waals surface area contributed by atoms with Crippen molar-refractivity contribution in [3.05, 3.63) is 87.3 Å². The van der Waals surface area contributed by atoms with Gasteiger partial charge in [-0.3, -0.25) is 14.2 Å². The first-order chi connectivity index (χ1) is 14.6. The lowest BCUT2D eigenvalue weighted by Crippen LogP contribution is -2.21. The van der Waals surface area contributed by atoms with Crippen LogP contribution in [0.4, 0.5) is 5.69 Å². The minimum Gasteiger partial charge on any atom is -0.494 e.